The molecule has 0 saturated carbocycles. The fourth-order valence-corrected chi connectivity index (χ4v) is 0.717. The van der Waals surface area contributed by atoms with Gasteiger partial charge in [0.2, 0.25) is 0 Å². The third kappa shape index (κ3) is 1.99. The summed E-state index contributed by atoms with van der Waals surface area (Å²) in [5.41, 5.74) is 0. The van der Waals surface area contributed by atoms with E-state index in [0.717, 1.165) is 0 Å². The molecule has 0 bridgehead atoms. The van der Waals surface area contributed by atoms with Gasteiger partial charge in [-0.1, -0.05) is 12.1 Å². The Balaban J connectivity index is 2.75. The maximum Gasteiger partial charge on any atom is 0.311 e. The summed E-state index contributed by atoms with van der Waals surface area (Å²) in [4.78, 5) is 10.7. The minimum Gasteiger partial charge on any atom is -0.504 e. The van der Waals surface area contributed by atoms with E-state index in [9.17, 15) is 4.79 Å². The lowest BCUT2D eigenvalue weighted by Gasteiger charge is -2.03. The lowest BCUT2D eigenvalue weighted by molar-refractivity contribution is -0.133. The molecule has 0 amide bonds. The Bertz CT molecular complexity index is 281. The number of aromatic hydroxyl groups is 1. The molecule has 0 spiro atoms. The number of benzene rings is 1. The van der Waals surface area contributed by atoms with Crippen LogP contribution in [0.25, 0.3) is 0 Å². The first kappa shape index (κ1) is 8.59. The summed E-state index contributed by atoms with van der Waals surface area (Å²) in [7, 11) is 0. The molecule has 3 heteroatoms. The molecule has 0 fully saturated rings. The van der Waals surface area contributed by atoms with Gasteiger partial charge in [-0.25, -0.2) is 0 Å². The Kier molecular flexibility index (Phi) is 2.69. The van der Waals surface area contributed by atoms with Crippen LogP contribution in [0.1, 0.15) is 6.42 Å². The summed E-state index contributed by atoms with van der Waals surface area (Å²) in [5.74, 6) is -0.332. The first-order valence-corrected chi connectivity index (χ1v) is 3.52. The van der Waals surface area contributed by atoms with E-state index in [0.29, 0.717) is 0 Å². The molecule has 1 aromatic rings. The van der Waals surface area contributed by atoms with Crippen LogP contribution in [0.15, 0.2) is 24.3 Å². The highest BCUT2D eigenvalue weighted by atomic mass is 16.5. The van der Waals surface area contributed by atoms with Gasteiger partial charge >= 0.3 is 5.97 Å². The molecule has 0 aliphatic heterocycles. The second-order valence-electron chi connectivity index (χ2n) is 2.19. The summed E-state index contributed by atoms with van der Waals surface area (Å²) in [6, 6.07) is 6.29. The van der Waals surface area contributed by atoms with Crippen LogP contribution in [0.5, 0.6) is 11.5 Å². The molecule has 1 rings (SSSR count). The summed E-state index contributed by atoms with van der Waals surface area (Å²) >= 11 is 0. The van der Waals surface area contributed by atoms with Crippen LogP contribution in [0.2, 0.25) is 0 Å². The molecule has 0 unspecified atom stereocenters. The number of phenols is 1. The zero-order valence-electron chi connectivity index (χ0n) is 6.49. The second-order valence-corrected chi connectivity index (χ2v) is 2.19. The highest BCUT2D eigenvalue weighted by Crippen LogP contribution is 2.24. The van der Waals surface area contributed by atoms with Gasteiger partial charge in [-0.3, -0.25) is 4.79 Å². The maximum atomic E-state index is 10.7. The van der Waals surface area contributed by atoms with Crippen molar-refractivity contribution in [2.45, 2.75) is 6.42 Å². The predicted molar refractivity (Wildman–Crippen MR) is 43.7 cm³/mol. The lowest BCUT2D eigenvalue weighted by Crippen LogP contribution is -2.05. The van der Waals surface area contributed by atoms with Crippen molar-refractivity contribution in [2.24, 2.45) is 0 Å². The van der Waals surface area contributed by atoms with Crippen molar-refractivity contribution in [3.05, 3.63) is 31.2 Å². The first-order valence-electron chi connectivity index (χ1n) is 3.52. The molecule has 63 valence electrons. The van der Waals surface area contributed by atoms with Gasteiger partial charge in [0.25, 0.3) is 0 Å². The van der Waals surface area contributed by atoms with E-state index < -0.39 is 5.97 Å². The minimum absolute atomic E-state index is 0.0423. The van der Waals surface area contributed by atoms with Gasteiger partial charge < -0.3 is 9.84 Å². The third-order valence-corrected chi connectivity index (χ3v) is 1.29. The van der Waals surface area contributed by atoms with Gasteiger partial charge in [0.15, 0.2) is 11.5 Å². The molecule has 1 N–H and O–H groups in total. The normalized spacial score (nSPS) is 9.42. The zero-order chi connectivity index (χ0) is 8.97. The smallest absolute Gasteiger partial charge is 0.311 e. The highest BCUT2D eigenvalue weighted by Gasteiger charge is 2.04. The topological polar surface area (TPSA) is 46.5 Å². The van der Waals surface area contributed by atoms with Gasteiger partial charge in [-0.15, -0.1) is 0 Å². The Hall–Kier alpha value is -1.51. The van der Waals surface area contributed by atoms with Crippen molar-refractivity contribution in [2.75, 3.05) is 0 Å². The van der Waals surface area contributed by atoms with Crippen LogP contribution < -0.4 is 4.74 Å². The molecule has 3 nitrogen and oxygen atoms in total. The van der Waals surface area contributed by atoms with Crippen molar-refractivity contribution >= 4 is 5.97 Å². The molecular weight excluding hydrogens is 156 g/mol. The largest absolute Gasteiger partial charge is 0.504 e. The highest BCUT2D eigenvalue weighted by molar-refractivity contribution is 5.73. The molecule has 1 radical (unpaired) electrons. The number of para-hydroxylation sites is 2. The van der Waals surface area contributed by atoms with E-state index in [1.54, 1.807) is 12.1 Å². The van der Waals surface area contributed by atoms with Gasteiger partial charge in [-0.05, 0) is 19.1 Å². The number of hydrogen-bond acceptors (Lipinski definition) is 3. The summed E-state index contributed by atoms with van der Waals surface area (Å²) < 4.78 is 4.74. The van der Waals surface area contributed by atoms with Crippen molar-refractivity contribution < 1.29 is 14.6 Å². The fraction of sp³-hybridized carbons (Fsp3) is 0.111. The van der Waals surface area contributed by atoms with Crippen LogP contribution in [0.4, 0.5) is 0 Å². The molecule has 0 saturated heterocycles. The lowest BCUT2D eigenvalue weighted by atomic mass is 10.3. The van der Waals surface area contributed by atoms with E-state index in [1.165, 1.54) is 12.1 Å². The Labute approximate surface area is 70.6 Å². The molecule has 0 heterocycles. The Morgan fingerprint density at radius 2 is 2.17 bits per heavy atom. The van der Waals surface area contributed by atoms with E-state index in [4.69, 9.17) is 9.84 Å². The van der Waals surface area contributed by atoms with Crippen molar-refractivity contribution in [3.63, 3.8) is 0 Å². The molecule has 0 aliphatic carbocycles. The number of esters is 1. The standard InChI is InChI=1S/C9H9O3/c1-2-9(11)12-8-6-4-3-5-7(8)10/h3-6,10H,1-2H2. The van der Waals surface area contributed by atoms with E-state index in [1.807, 2.05) is 0 Å². The number of ether oxygens (including phenoxy) is 1. The molecule has 0 aliphatic rings. The van der Waals surface area contributed by atoms with Crippen molar-refractivity contribution in [1.82, 2.24) is 0 Å². The molecule has 12 heavy (non-hydrogen) atoms. The van der Waals surface area contributed by atoms with E-state index in [2.05, 4.69) is 6.92 Å². The van der Waals surface area contributed by atoms with Gasteiger partial charge in [0.05, 0.1) is 0 Å². The summed E-state index contributed by atoms with van der Waals surface area (Å²) in [6.45, 7) is 3.36. The van der Waals surface area contributed by atoms with Crippen molar-refractivity contribution in [1.29, 1.82) is 0 Å². The SMILES string of the molecule is [CH2]CC(=O)Oc1ccccc1O. The van der Waals surface area contributed by atoms with Crippen LogP contribution in [0.3, 0.4) is 0 Å². The van der Waals surface area contributed by atoms with Crippen LogP contribution in [-0.4, -0.2) is 11.1 Å². The quantitative estimate of drug-likeness (QED) is 0.533. The van der Waals surface area contributed by atoms with Gasteiger partial charge in [0.1, 0.15) is 0 Å². The number of hydrogen-bond donors (Lipinski definition) is 1. The number of carbonyl (C=O) groups excluding carboxylic acids is 1. The summed E-state index contributed by atoms with van der Waals surface area (Å²) in [5, 5.41) is 9.16. The number of rotatable bonds is 2. The van der Waals surface area contributed by atoms with Crippen LogP contribution >= 0.6 is 0 Å². The average Bonchev–Trinajstić information content (AvgIpc) is 2.09. The number of phenolic OH excluding ortho intramolecular Hbond substituents is 1. The van der Waals surface area contributed by atoms with Crippen LogP contribution in [0, 0.1) is 6.92 Å². The van der Waals surface area contributed by atoms with Gasteiger partial charge in [-0.2, -0.15) is 0 Å². The van der Waals surface area contributed by atoms with Gasteiger partial charge in [0, 0.05) is 6.42 Å². The molecule has 0 aromatic heterocycles. The predicted octanol–water partition coefficient (Wildman–Crippen LogP) is 1.52. The second kappa shape index (κ2) is 3.76. The third-order valence-electron chi connectivity index (χ3n) is 1.29. The average molecular weight is 165 g/mol. The number of carbonyl (C=O) groups is 1. The maximum absolute atomic E-state index is 10.7. The fourth-order valence-electron chi connectivity index (χ4n) is 0.717. The monoisotopic (exact) mass is 165 g/mol. The first-order chi connectivity index (χ1) is 5.74. The van der Waals surface area contributed by atoms with E-state index >= 15 is 0 Å². The van der Waals surface area contributed by atoms with Crippen molar-refractivity contribution in [3.8, 4) is 11.5 Å². The Morgan fingerprint density at radius 1 is 1.50 bits per heavy atom. The minimum atomic E-state index is -0.462. The molecule has 0 atom stereocenters. The van der Waals surface area contributed by atoms with E-state index in [-0.39, 0.29) is 17.9 Å². The molecule has 1 aromatic carbocycles. The van der Waals surface area contributed by atoms with Crippen LogP contribution in [-0.2, 0) is 4.79 Å². The summed E-state index contributed by atoms with van der Waals surface area (Å²) in [6.07, 6.45) is 0.0499. The zero-order valence-corrected chi connectivity index (χ0v) is 6.49. The Morgan fingerprint density at radius 3 is 2.75 bits per heavy atom. The molecular formula is C9H9O3.